The highest BCUT2D eigenvalue weighted by atomic mass is 16.2. The van der Waals surface area contributed by atoms with Crippen molar-refractivity contribution in [3.8, 4) is 0 Å². The predicted octanol–water partition coefficient (Wildman–Crippen LogP) is 2.97. The topological polar surface area (TPSA) is 46.3 Å². The van der Waals surface area contributed by atoms with Gasteiger partial charge in [0.1, 0.15) is 0 Å². The predicted molar refractivity (Wildman–Crippen MR) is 78.6 cm³/mol. The van der Waals surface area contributed by atoms with Gasteiger partial charge in [-0.2, -0.15) is 0 Å². The summed E-state index contributed by atoms with van der Waals surface area (Å²) in [6, 6.07) is 5.92. The summed E-state index contributed by atoms with van der Waals surface area (Å²) in [6.07, 6.45) is 0.671. The number of carbonyl (C=O) groups excluding carboxylic acids is 1. The molecule has 1 amide bonds. The maximum atomic E-state index is 12.1. The van der Waals surface area contributed by atoms with Crippen LogP contribution in [0.15, 0.2) is 18.2 Å². The van der Waals surface area contributed by atoms with Crippen LogP contribution in [0.3, 0.4) is 0 Å². The number of anilines is 1. The van der Waals surface area contributed by atoms with E-state index in [0.717, 1.165) is 23.4 Å². The smallest absolute Gasteiger partial charge is 0.223 e. The Balaban J connectivity index is 2.12. The van der Waals surface area contributed by atoms with Crippen LogP contribution in [-0.4, -0.2) is 17.4 Å². The lowest BCUT2D eigenvalue weighted by atomic mass is 9.80. The summed E-state index contributed by atoms with van der Waals surface area (Å²) in [7, 11) is 0. The monoisotopic (exact) mass is 260 g/mol. The summed E-state index contributed by atoms with van der Waals surface area (Å²) in [5.41, 5.74) is 9.16. The third-order valence-corrected chi connectivity index (χ3v) is 4.29. The highest BCUT2D eigenvalue weighted by Gasteiger charge is 2.36. The van der Waals surface area contributed by atoms with Crippen molar-refractivity contribution in [2.24, 2.45) is 11.3 Å². The second kappa shape index (κ2) is 4.87. The molecule has 1 atom stereocenters. The summed E-state index contributed by atoms with van der Waals surface area (Å²) < 4.78 is 0. The third-order valence-electron chi connectivity index (χ3n) is 4.29. The molecular weight excluding hydrogens is 236 g/mol. The van der Waals surface area contributed by atoms with Gasteiger partial charge in [-0.25, -0.2) is 0 Å². The van der Waals surface area contributed by atoms with Crippen molar-refractivity contribution in [1.29, 1.82) is 0 Å². The number of nitrogen functional groups attached to an aromatic ring is 1. The van der Waals surface area contributed by atoms with Crippen LogP contribution in [0.1, 0.15) is 38.3 Å². The van der Waals surface area contributed by atoms with Crippen LogP contribution in [0, 0.1) is 18.3 Å². The number of benzene rings is 1. The Morgan fingerprint density at radius 3 is 2.63 bits per heavy atom. The molecule has 1 aromatic rings. The number of hydrogen-bond donors (Lipinski definition) is 1. The molecular formula is C16H24N2O. The maximum Gasteiger partial charge on any atom is 0.223 e. The number of likely N-dealkylation sites (tertiary alicyclic amines) is 1. The minimum Gasteiger partial charge on any atom is -0.399 e. The lowest BCUT2D eigenvalue weighted by Gasteiger charge is -2.26. The first-order valence-corrected chi connectivity index (χ1v) is 6.91. The average Bonchev–Trinajstić information content (AvgIpc) is 2.67. The molecule has 2 N–H and O–H groups in total. The molecule has 0 bridgehead atoms. The van der Waals surface area contributed by atoms with Gasteiger partial charge in [0.25, 0.3) is 0 Å². The van der Waals surface area contributed by atoms with Gasteiger partial charge in [-0.05, 0) is 35.4 Å². The van der Waals surface area contributed by atoms with Crippen LogP contribution < -0.4 is 5.73 Å². The van der Waals surface area contributed by atoms with E-state index in [1.165, 1.54) is 0 Å². The fraction of sp³-hybridized carbons (Fsp3) is 0.562. The zero-order valence-corrected chi connectivity index (χ0v) is 12.4. The SMILES string of the molecule is Cc1c(N)cccc1CN1CC(C(C)(C)C)CC1=O. The van der Waals surface area contributed by atoms with E-state index in [1.807, 2.05) is 24.0 Å². The standard InChI is InChI=1S/C16H24N2O/c1-11-12(6-5-7-14(11)17)9-18-10-13(8-15(18)19)16(2,3)4/h5-7,13H,8-10,17H2,1-4H3. The number of carbonyl (C=O) groups is 1. The summed E-state index contributed by atoms with van der Waals surface area (Å²) in [6.45, 7) is 10.2. The van der Waals surface area contributed by atoms with Crippen LogP contribution in [0.25, 0.3) is 0 Å². The number of nitrogens with two attached hydrogens (primary N) is 1. The van der Waals surface area contributed by atoms with E-state index in [0.29, 0.717) is 18.9 Å². The molecule has 1 heterocycles. The van der Waals surface area contributed by atoms with Gasteiger partial charge in [-0.1, -0.05) is 32.9 Å². The van der Waals surface area contributed by atoms with Crippen molar-refractivity contribution in [2.75, 3.05) is 12.3 Å². The molecule has 3 nitrogen and oxygen atoms in total. The van der Waals surface area contributed by atoms with E-state index in [2.05, 4.69) is 26.8 Å². The summed E-state index contributed by atoms with van der Waals surface area (Å²) in [5, 5.41) is 0. The van der Waals surface area contributed by atoms with E-state index < -0.39 is 0 Å². The molecule has 3 heteroatoms. The van der Waals surface area contributed by atoms with Crippen LogP contribution in [0.5, 0.6) is 0 Å². The summed E-state index contributed by atoms with van der Waals surface area (Å²) >= 11 is 0. The van der Waals surface area contributed by atoms with Crippen molar-refractivity contribution in [3.05, 3.63) is 29.3 Å². The van der Waals surface area contributed by atoms with Crippen LogP contribution in [0.4, 0.5) is 5.69 Å². The van der Waals surface area contributed by atoms with Gasteiger partial charge in [0.15, 0.2) is 0 Å². The third kappa shape index (κ3) is 2.91. The summed E-state index contributed by atoms with van der Waals surface area (Å²) in [4.78, 5) is 14.1. The Labute approximate surface area is 115 Å². The summed E-state index contributed by atoms with van der Waals surface area (Å²) in [5.74, 6) is 0.711. The Bertz CT molecular complexity index is 488. The van der Waals surface area contributed by atoms with Crippen LogP contribution in [-0.2, 0) is 11.3 Å². The molecule has 19 heavy (non-hydrogen) atoms. The minimum atomic E-state index is 0.190. The van der Waals surface area contributed by atoms with E-state index in [9.17, 15) is 4.79 Å². The molecule has 0 radical (unpaired) electrons. The Morgan fingerprint density at radius 1 is 1.37 bits per heavy atom. The van der Waals surface area contributed by atoms with Crippen molar-refractivity contribution in [1.82, 2.24) is 4.90 Å². The highest BCUT2D eigenvalue weighted by Crippen LogP contribution is 2.35. The van der Waals surface area contributed by atoms with Crippen LogP contribution in [0.2, 0.25) is 0 Å². The van der Waals surface area contributed by atoms with E-state index in [1.54, 1.807) is 0 Å². The molecule has 0 aliphatic carbocycles. The Kier molecular flexibility index (Phi) is 3.57. The lowest BCUT2D eigenvalue weighted by Crippen LogP contribution is -2.27. The maximum absolute atomic E-state index is 12.1. The van der Waals surface area contributed by atoms with E-state index in [-0.39, 0.29) is 11.3 Å². The number of hydrogen-bond acceptors (Lipinski definition) is 2. The van der Waals surface area contributed by atoms with Crippen LogP contribution >= 0.6 is 0 Å². The normalized spacial score (nSPS) is 20.1. The van der Waals surface area contributed by atoms with Gasteiger partial charge >= 0.3 is 0 Å². The molecule has 104 valence electrons. The largest absolute Gasteiger partial charge is 0.399 e. The zero-order valence-electron chi connectivity index (χ0n) is 12.4. The van der Waals surface area contributed by atoms with Crippen molar-refractivity contribution < 1.29 is 4.79 Å². The molecule has 1 aliphatic rings. The zero-order chi connectivity index (χ0) is 14.2. The van der Waals surface area contributed by atoms with Gasteiger partial charge in [0.2, 0.25) is 5.91 Å². The first-order chi connectivity index (χ1) is 8.79. The second-order valence-electron chi connectivity index (χ2n) is 6.67. The number of amides is 1. The first kappa shape index (κ1) is 13.9. The Hall–Kier alpha value is -1.51. The van der Waals surface area contributed by atoms with Gasteiger partial charge < -0.3 is 10.6 Å². The number of nitrogens with zero attached hydrogens (tertiary/aromatic N) is 1. The van der Waals surface area contributed by atoms with Gasteiger partial charge in [0.05, 0.1) is 0 Å². The van der Waals surface area contributed by atoms with Crippen molar-refractivity contribution in [2.45, 2.75) is 40.7 Å². The molecule has 1 fully saturated rings. The molecule has 1 saturated heterocycles. The average molecular weight is 260 g/mol. The van der Waals surface area contributed by atoms with Gasteiger partial charge in [-0.15, -0.1) is 0 Å². The quantitative estimate of drug-likeness (QED) is 0.831. The molecule has 1 aromatic carbocycles. The number of rotatable bonds is 2. The lowest BCUT2D eigenvalue weighted by molar-refractivity contribution is -0.128. The molecule has 2 rings (SSSR count). The molecule has 0 saturated carbocycles. The Morgan fingerprint density at radius 2 is 2.05 bits per heavy atom. The van der Waals surface area contributed by atoms with Crippen molar-refractivity contribution >= 4 is 11.6 Å². The molecule has 1 aliphatic heterocycles. The first-order valence-electron chi connectivity index (χ1n) is 6.91. The van der Waals surface area contributed by atoms with Gasteiger partial charge in [-0.3, -0.25) is 4.79 Å². The fourth-order valence-electron chi connectivity index (χ4n) is 2.59. The molecule has 1 unspecified atom stereocenters. The van der Waals surface area contributed by atoms with Crippen molar-refractivity contribution in [3.63, 3.8) is 0 Å². The highest BCUT2D eigenvalue weighted by molar-refractivity contribution is 5.78. The second-order valence-corrected chi connectivity index (χ2v) is 6.67. The van der Waals surface area contributed by atoms with E-state index in [4.69, 9.17) is 5.73 Å². The minimum absolute atomic E-state index is 0.190. The fourth-order valence-corrected chi connectivity index (χ4v) is 2.59. The molecule has 0 spiro atoms. The molecule has 0 aromatic heterocycles. The van der Waals surface area contributed by atoms with Gasteiger partial charge in [0, 0.05) is 25.2 Å². The van der Waals surface area contributed by atoms with E-state index >= 15 is 0 Å².